The highest BCUT2D eigenvalue weighted by Crippen LogP contribution is 2.24. The zero-order valence-corrected chi connectivity index (χ0v) is 7.09. The molecule has 0 aliphatic carbocycles. The van der Waals surface area contributed by atoms with Crippen LogP contribution in [0.4, 0.5) is 13.2 Å². The Morgan fingerprint density at radius 1 is 1.57 bits per heavy atom. The molecule has 14 heavy (non-hydrogen) atoms. The van der Waals surface area contributed by atoms with Crippen molar-refractivity contribution in [2.45, 2.75) is 13.3 Å². The Hall–Kier alpha value is -1.59. The van der Waals surface area contributed by atoms with E-state index in [-0.39, 0.29) is 5.56 Å². The van der Waals surface area contributed by atoms with Crippen LogP contribution in [0.1, 0.15) is 28.0 Å². The first-order chi connectivity index (χ1) is 6.45. The summed E-state index contributed by atoms with van der Waals surface area (Å²) in [6.45, 7) is 1.09. The van der Waals surface area contributed by atoms with Crippen molar-refractivity contribution in [1.82, 2.24) is 4.98 Å². The molecule has 1 rings (SSSR count). The number of aromatic nitrogens is 1. The van der Waals surface area contributed by atoms with E-state index in [1.54, 1.807) is 0 Å². The number of pyridine rings is 1. The lowest BCUT2D eigenvalue weighted by Gasteiger charge is -2.05. The molecule has 0 saturated heterocycles. The van der Waals surface area contributed by atoms with Gasteiger partial charge in [0.1, 0.15) is 5.82 Å². The van der Waals surface area contributed by atoms with Crippen LogP contribution in [0.5, 0.6) is 0 Å². The Morgan fingerprint density at radius 3 is 2.57 bits per heavy atom. The first kappa shape index (κ1) is 10.5. The second kappa shape index (κ2) is 3.65. The summed E-state index contributed by atoms with van der Waals surface area (Å²) >= 11 is 0. The summed E-state index contributed by atoms with van der Waals surface area (Å²) in [7, 11) is 0. The summed E-state index contributed by atoms with van der Waals surface area (Å²) in [5.74, 6) is -2.66. The van der Waals surface area contributed by atoms with Crippen LogP contribution in [0.25, 0.3) is 0 Å². The van der Waals surface area contributed by atoms with Crippen LogP contribution in [-0.2, 0) is 0 Å². The first-order valence-electron chi connectivity index (χ1n) is 3.61. The molecule has 1 heterocycles. The molecule has 0 aliphatic heterocycles. The van der Waals surface area contributed by atoms with E-state index in [2.05, 4.69) is 4.98 Å². The molecule has 76 valence electrons. The van der Waals surface area contributed by atoms with Gasteiger partial charge in [0.05, 0.1) is 5.56 Å². The van der Waals surface area contributed by atoms with Crippen molar-refractivity contribution in [2.75, 3.05) is 0 Å². The lowest BCUT2D eigenvalue weighted by Crippen LogP contribution is -2.07. The molecule has 0 spiro atoms. The van der Waals surface area contributed by atoms with Gasteiger partial charge in [0, 0.05) is 11.8 Å². The number of rotatable bonds is 2. The molecule has 0 radical (unpaired) electrons. The van der Waals surface area contributed by atoms with Crippen LogP contribution < -0.4 is 0 Å². The van der Waals surface area contributed by atoms with E-state index in [1.807, 2.05) is 0 Å². The molecule has 0 unspecified atom stereocenters. The van der Waals surface area contributed by atoms with E-state index in [4.69, 9.17) is 5.11 Å². The summed E-state index contributed by atoms with van der Waals surface area (Å²) in [5.41, 5.74) is -1.81. The normalized spacial score (nSPS) is 10.6. The fourth-order valence-corrected chi connectivity index (χ4v) is 0.976. The van der Waals surface area contributed by atoms with Gasteiger partial charge in [-0.15, -0.1) is 0 Å². The topological polar surface area (TPSA) is 50.2 Å². The highest BCUT2D eigenvalue weighted by atomic mass is 19.3. The van der Waals surface area contributed by atoms with Crippen molar-refractivity contribution >= 4 is 5.97 Å². The summed E-state index contributed by atoms with van der Waals surface area (Å²) in [5, 5.41) is 8.50. The van der Waals surface area contributed by atoms with Crippen LogP contribution in [0, 0.1) is 12.7 Å². The van der Waals surface area contributed by atoms with Crippen LogP contribution in [0.3, 0.4) is 0 Å². The molecular formula is C8H6F3NO2. The second-order valence-electron chi connectivity index (χ2n) is 2.61. The predicted molar refractivity (Wildman–Crippen MR) is 40.8 cm³/mol. The lowest BCUT2D eigenvalue weighted by atomic mass is 10.1. The molecule has 0 aromatic carbocycles. The number of nitrogens with zero attached hydrogens (tertiary/aromatic N) is 1. The summed E-state index contributed by atoms with van der Waals surface area (Å²) in [6.07, 6.45) is -2.46. The molecule has 1 N–H and O–H groups in total. The van der Waals surface area contributed by atoms with Gasteiger partial charge in [-0.05, 0) is 6.92 Å². The van der Waals surface area contributed by atoms with Gasteiger partial charge in [-0.1, -0.05) is 0 Å². The van der Waals surface area contributed by atoms with Gasteiger partial charge in [-0.25, -0.2) is 22.9 Å². The summed E-state index contributed by atoms with van der Waals surface area (Å²) in [4.78, 5) is 13.7. The van der Waals surface area contributed by atoms with Crippen LogP contribution in [0.2, 0.25) is 0 Å². The van der Waals surface area contributed by atoms with E-state index in [9.17, 15) is 18.0 Å². The van der Waals surface area contributed by atoms with E-state index in [0.717, 1.165) is 6.92 Å². The van der Waals surface area contributed by atoms with Gasteiger partial charge < -0.3 is 5.11 Å². The maximum absolute atomic E-state index is 13.1. The number of hydrogen-bond acceptors (Lipinski definition) is 2. The summed E-state index contributed by atoms with van der Waals surface area (Å²) in [6, 6.07) is 0. The smallest absolute Gasteiger partial charge is 0.354 e. The third-order valence-corrected chi connectivity index (χ3v) is 1.71. The van der Waals surface area contributed by atoms with Gasteiger partial charge >= 0.3 is 5.97 Å². The van der Waals surface area contributed by atoms with Crippen LogP contribution >= 0.6 is 0 Å². The number of carboxylic acid groups (broad SMARTS) is 1. The van der Waals surface area contributed by atoms with Crippen LogP contribution in [-0.4, -0.2) is 16.1 Å². The minimum Gasteiger partial charge on any atom is -0.477 e. The first-order valence-corrected chi connectivity index (χ1v) is 3.61. The highest BCUT2D eigenvalue weighted by molar-refractivity contribution is 5.87. The maximum atomic E-state index is 13.1. The average Bonchev–Trinajstić information content (AvgIpc) is 2.08. The van der Waals surface area contributed by atoms with Crippen molar-refractivity contribution in [3.63, 3.8) is 0 Å². The molecule has 0 amide bonds. The zero-order valence-electron chi connectivity index (χ0n) is 7.09. The molecule has 0 bridgehead atoms. The molecule has 6 heteroatoms. The minimum absolute atomic E-state index is 0.379. The van der Waals surface area contributed by atoms with Gasteiger partial charge in [-0.3, -0.25) is 0 Å². The van der Waals surface area contributed by atoms with Gasteiger partial charge in [0.2, 0.25) is 0 Å². The Labute approximate surface area is 77.2 Å². The van der Waals surface area contributed by atoms with Gasteiger partial charge in [0.15, 0.2) is 5.69 Å². The Bertz CT molecular complexity index is 379. The van der Waals surface area contributed by atoms with E-state index in [1.165, 1.54) is 0 Å². The lowest BCUT2D eigenvalue weighted by molar-refractivity contribution is 0.0687. The number of hydrogen-bond donors (Lipinski definition) is 1. The third kappa shape index (κ3) is 1.68. The number of alkyl halides is 2. The third-order valence-electron chi connectivity index (χ3n) is 1.71. The molecule has 0 aliphatic rings. The maximum Gasteiger partial charge on any atom is 0.354 e. The largest absolute Gasteiger partial charge is 0.477 e. The average molecular weight is 205 g/mol. The number of carbonyl (C=O) groups is 1. The standard InChI is InChI=1S/C8H6F3NO2/c1-3-5(9)4(7(10)11)2-12-6(3)8(13)14/h2,7H,1H3,(H,13,14). The number of carboxylic acids is 1. The predicted octanol–water partition coefficient (Wildman–Crippen LogP) is 2.16. The van der Waals surface area contributed by atoms with Crippen molar-refractivity contribution in [3.05, 3.63) is 28.8 Å². The van der Waals surface area contributed by atoms with E-state index < -0.39 is 29.5 Å². The van der Waals surface area contributed by atoms with E-state index in [0.29, 0.717) is 6.20 Å². The Kier molecular flexibility index (Phi) is 2.73. The number of aromatic carboxylic acids is 1. The van der Waals surface area contributed by atoms with Crippen molar-refractivity contribution in [1.29, 1.82) is 0 Å². The van der Waals surface area contributed by atoms with Crippen molar-refractivity contribution in [3.8, 4) is 0 Å². The molecular weight excluding hydrogens is 199 g/mol. The molecule has 3 nitrogen and oxygen atoms in total. The molecule has 0 atom stereocenters. The molecule has 0 fully saturated rings. The zero-order chi connectivity index (χ0) is 10.9. The Balaban J connectivity index is 3.33. The Morgan fingerprint density at radius 2 is 2.14 bits per heavy atom. The van der Waals surface area contributed by atoms with Gasteiger partial charge in [-0.2, -0.15) is 0 Å². The fraction of sp³-hybridized carbons (Fsp3) is 0.250. The molecule has 1 aromatic rings. The minimum atomic E-state index is -3.00. The summed E-state index contributed by atoms with van der Waals surface area (Å²) < 4.78 is 37.3. The van der Waals surface area contributed by atoms with Crippen molar-refractivity contribution in [2.24, 2.45) is 0 Å². The van der Waals surface area contributed by atoms with E-state index >= 15 is 0 Å². The molecule has 1 aromatic heterocycles. The number of halogens is 3. The molecule has 0 saturated carbocycles. The van der Waals surface area contributed by atoms with Crippen LogP contribution in [0.15, 0.2) is 6.20 Å². The van der Waals surface area contributed by atoms with Gasteiger partial charge in [0.25, 0.3) is 6.43 Å². The highest BCUT2D eigenvalue weighted by Gasteiger charge is 2.20. The fourth-order valence-electron chi connectivity index (χ4n) is 0.976. The second-order valence-corrected chi connectivity index (χ2v) is 2.61. The monoisotopic (exact) mass is 205 g/mol. The van der Waals surface area contributed by atoms with Crippen molar-refractivity contribution < 1.29 is 23.1 Å². The SMILES string of the molecule is Cc1c(C(=O)O)ncc(C(F)F)c1F. The quantitative estimate of drug-likeness (QED) is 0.804.